The van der Waals surface area contributed by atoms with Crippen molar-refractivity contribution >= 4 is 17.8 Å². The van der Waals surface area contributed by atoms with Crippen molar-refractivity contribution in [1.82, 2.24) is 4.90 Å². The van der Waals surface area contributed by atoms with Crippen LogP contribution in [-0.2, 0) is 19.1 Å². The van der Waals surface area contributed by atoms with E-state index in [4.69, 9.17) is 15.6 Å². The molecule has 7 nitrogen and oxygen atoms in total. The van der Waals surface area contributed by atoms with Gasteiger partial charge < -0.3 is 15.6 Å². The number of ether oxygens (including phenoxy) is 1. The number of amides is 2. The highest BCUT2D eigenvalue weighted by atomic mass is 16.5. The number of nitrogens with two attached hydrogens (primary N) is 1. The van der Waals surface area contributed by atoms with E-state index in [9.17, 15) is 14.4 Å². The zero-order valence-corrected chi connectivity index (χ0v) is 12.9. The third-order valence-electron chi connectivity index (χ3n) is 5.98. The highest BCUT2D eigenvalue weighted by Gasteiger charge is 2.76. The molecule has 2 amide bonds. The van der Waals surface area contributed by atoms with Crippen LogP contribution in [0.4, 0.5) is 0 Å². The summed E-state index contributed by atoms with van der Waals surface area (Å²) in [7, 11) is 0. The van der Waals surface area contributed by atoms with Gasteiger partial charge in [-0.2, -0.15) is 0 Å². The normalized spacial score (nSPS) is 41.1. The molecule has 0 saturated carbocycles. The van der Waals surface area contributed by atoms with Gasteiger partial charge in [0.05, 0.1) is 23.0 Å². The number of imide groups is 1. The van der Waals surface area contributed by atoms with Gasteiger partial charge in [0.1, 0.15) is 6.04 Å². The average Bonchev–Trinajstić information content (AvgIpc) is 3.08. The molecular weight excluding hydrogens is 288 g/mol. The quantitative estimate of drug-likeness (QED) is 0.698. The second-order valence-electron chi connectivity index (χ2n) is 6.94. The van der Waals surface area contributed by atoms with E-state index in [0.29, 0.717) is 6.42 Å². The summed E-state index contributed by atoms with van der Waals surface area (Å²) < 4.78 is 5.84. The van der Waals surface area contributed by atoms with E-state index < -0.39 is 22.8 Å². The van der Waals surface area contributed by atoms with Crippen LogP contribution in [0.15, 0.2) is 0 Å². The lowest BCUT2D eigenvalue weighted by Crippen LogP contribution is -2.48. The summed E-state index contributed by atoms with van der Waals surface area (Å²) in [6, 6.07) is -0.960. The molecule has 3 saturated heterocycles. The second kappa shape index (κ2) is 4.76. The van der Waals surface area contributed by atoms with Crippen molar-refractivity contribution in [2.45, 2.75) is 57.8 Å². The molecule has 7 heteroatoms. The molecule has 3 rings (SSSR count). The molecule has 3 heterocycles. The van der Waals surface area contributed by atoms with E-state index in [0.717, 1.165) is 12.8 Å². The predicted molar refractivity (Wildman–Crippen MR) is 75.7 cm³/mol. The van der Waals surface area contributed by atoms with E-state index in [1.165, 1.54) is 4.90 Å². The fraction of sp³-hybridized carbons (Fsp3) is 0.800. The van der Waals surface area contributed by atoms with E-state index >= 15 is 0 Å². The molecule has 0 spiro atoms. The SMILES string of the molecule is C[C@@]12C(=O)N(CCC[C@H](N)C(=O)O)C(=O)[C@]1(C)[C@H]1CC[C@@H]2O1. The van der Waals surface area contributed by atoms with Crippen molar-refractivity contribution in [2.75, 3.05) is 6.54 Å². The van der Waals surface area contributed by atoms with Crippen molar-refractivity contribution < 1.29 is 24.2 Å². The van der Waals surface area contributed by atoms with Crippen LogP contribution in [0.3, 0.4) is 0 Å². The summed E-state index contributed by atoms with van der Waals surface area (Å²) in [4.78, 5) is 37.6. The minimum absolute atomic E-state index is 0.184. The topological polar surface area (TPSA) is 110 Å². The van der Waals surface area contributed by atoms with Crippen molar-refractivity contribution in [1.29, 1.82) is 0 Å². The van der Waals surface area contributed by atoms with E-state index in [1.807, 2.05) is 13.8 Å². The fourth-order valence-electron chi connectivity index (χ4n) is 4.32. The van der Waals surface area contributed by atoms with Crippen molar-refractivity contribution in [3.8, 4) is 0 Å². The van der Waals surface area contributed by atoms with Crippen LogP contribution in [-0.4, -0.2) is 52.6 Å². The van der Waals surface area contributed by atoms with Gasteiger partial charge in [0, 0.05) is 6.54 Å². The number of rotatable bonds is 5. The second-order valence-corrected chi connectivity index (χ2v) is 6.94. The first-order chi connectivity index (χ1) is 10.2. The van der Waals surface area contributed by atoms with Gasteiger partial charge in [0.15, 0.2) is 0 Å². The van der Waals surface area contributed by atoms with Crippen LogP contribution in [0.1, 0.15) is 39.5 Å². The number of hydrogen-bond acceptors (Lipinski definition) is 5. The van der Waals surface area contributed by atoms with Gasteiger partial charge in [-0.05, 0) is 39.5 Å². The zero-order chi connectivity index (χ0) is 16.3. The molecule has 0 aromatic carbocycles. The first kappa shape index (κ1) is 15.4. The van der Waals surface area contributed by atoms with Gasteiger partial charge in [0.2, 0.25) is 11.8 Å². The lowest BCUT2D eigenvalue weighted by Gasteiger charge is -2.36. The molecule has 0 unspecified atom stereocenters. The molecule has 0 aliphatic carbocycles. The van der Waals surface area contributed by atoms with Crippen LogP contribution in [0.5, 0.6) is 0 Å². The number of nitrogens with zero attached hydrogens (tertiary/aromatic N) is 1. The zero-order valence-electron chi connectivity index (χ0n) is 12.9. The Morgan fingerprint density at radius 1 is 1.32 bits per heavy atom. The summed E-state index contributed by atoms with van der Waals surface area (Å²) in [6.07, 6.45) is 1.88. The lowest BCUT2D eigenvalue weighted by molar-refractivity contribution is -0.145. The maximum atomic E-state index is 12.8. The molecule has 0 aromatic heterocycles. The Morgan fingerprint density at radius 3 is 2.27 bits per heavy atom. The summed E-state index contributed by atoms with van der Waals surface area (Å²) in [5.41, 5.74) is 3.88. The molecule has 0 aromatic rings. The number of carboxylic acids is 1. The van der Waals surface area contributed by atoms with Crippen LogP contribution < -0.4 is 5.73 Å². The third kappa shape index (κ3) is 1.66. The van der Waals surface area contributed by atoms with Gasteiger partial charge in [0.25, 0.3) is 0 Å². The Hall–Kier alpha value is -1.47. The average molecular weight is 310 g/mol. The maximum Gasteiger partial charge on any atom is 0.320 e. The molecule has 3 fully saturated rings. The van der Waals surface area contributed by atoms with Crippen LogP contribution in [0, 0.1) is 10.8 Å². The Balaban J connectivity index is 1.75. The minimum Gasteiger partial charge on any atom is -0.480 e. The number of fused-ring (bicyclic) bond motifs is 5. The van der Waals surface area contributed by atoms with Crippen LogP contribution in [0.2, 0.25) is 0 Å². The molecule has 5 atom stereocenters. The summed E-state index contributed by atoms with van der Waals surface area (Å²) in [5, 5.41) is 8.78. The summed E-state index contributed by atoms with van der Waals surface area (Å²) in [5.74, 6) is -1.44. The van der Waals surface area contributed by atoms with Crippen LogP contribution in [0.25, 0.3) is 0 Å². The molecular formula is C15H22N2O5. The highest BCUT2D eigenvalue weighted by Crippen LogP contribution is 2.64. The van der Waals surface area contributed by atoms with E-state index in [1.54, 1.807) is 0 Å². The van der Waals surface area contributed by atoms with Crippen LogP contribution >= 0.6 is 0 Å². The smallest absolute Gasteiger partial charge is 0.320 e. The van der Waals surface area contributed by atoms with Gasteiger partial charge >= 0.3 is 5.97 Å². The first-order valence-electron chi connectivity index (χ1n) is 7.74. The number of hydrogen-bond donors (Lipinski definition) is 2. The molecule has 0 radical (unpaired) electrons. The largest absolute Gasteiger partial charge is 0.480 e. The third-order valence-corrected chi connectivity index (χ3v) is 5.98. The van der Waals surface area contributed by atoms with Crippen molar-refractivity contribution in [2.24, 2.45) is 16.6 Å². The molecule has 3 aliphatic rings. The molecule has 122 valence electrons. The maximum absolute atomic E-state index is 12.8. The van der Waals surface area contributed by atoms with E-state index in [-0.39, 0.29) is 37.0 Å². The Bertz CT molecular complexity index is 516. The Labute approximate surface area is 128 Å². The predicted octanol–water partition coefficient (Wildman–Crippen LogP) is 0.121. The van der Waals surface area contributed by atoms with Crippen molar-refractivity contribution in [3.63, 3.8) is 0 Å². The van der Waals surface area contributed by atoms with Gasteiger partial charge in [-0.1, -0.05) is 0 Å². The Morgan fingerprint density at radius 2 is 1.82 bits per heavy atom. The van der Waals surface area contributed by atoms with Gasteiger partial charge in [-0.15, -0.1) is 0 Å². The molecule has 3 N–H and O–H groups in total. The first-order valence-corrected chi connectivity index (χ1v) is 7.74. The number of carboxylic acid groups (broad SMARTS) is 1. The highest BCUT2D eigenvalue weighted by molar-refractivity contribution is 6.10. The summed E-state index contributed by atoms with van der Waals surface area (Å²) >= 11 is 0. The number of aliphatic carboxylic acids is 1. The van der Waals surface area contributed by atoms with Gasteiger partial charge in [-0.25, -0.2) is 0 Å². The monoisotopic (exact) mass is 310 g/mol. The molecule has 3 aliphatic heterocycles. The van der Waals surface area contributed by atoms with Crippen molar-refractivity contribution in [3.05, 3.63) is 0 Å². The number of carbonyl (C=O) groups excluding carboxylic acids is 2. The minimum atomic E-state index is -1.07. The number of likely N-dealkylation sites (tertiary alicyclic amines) is 1. The number of carbonyl (C=O) groups is 3. The molecule has 22 heavy (non-hydrogen) atoms. The van der Waals surface area contributed by atoms with Gasteiger partial charge in [-0.3, -0.25) is 19.3 Å². The van der Waals surface area contributed by atoms with E-state index in [2.05, 4.69) is 0 Å². The lowest BCUT2D eigenvalue weighted by atomic mass is 9.59. The fourth-order valence-corrected chi connectivity index (χ4v) is 4.32. The Kier molecular flexibility index (Phi) is 3.34. The molecule has 2 bridgehead atoms. The standard InChI is InChI=1S/C15H22N2O5/c1-14-9-5-6-10(22-9)15(14,2)13(21)17(12(14)20)7-3-4-8(16)11(18)19/h8-10H,3-7,16H2,1-2H3,(H,18,19)/t8-,9-,10+,14+,15-/m0/s1. The summed E-state index contributed by atoms with van der Waals surface area (Å²) in [6.45, 7) is 3.89.